The number of carbonyl (C=O) groups excluding carboxylic acids is 1. The summed E-state index contributed by atoms with van der Waals surface area (Å²) in [6, 6.07) is 5.96. The monoisotopic (exact) mass is 448 g/mol. The second-order valence-electron chi connectivity index (χ2n) is 8.96. The van der Waals surface area contributed by atoms with Crippen molar-refractivity contribution in [1.82, 2.24) is 25.8 Å². The number of nitriles is 1. The average Bonchev–Trinajstić information content (AvgIpc) is 3.53. The lowest BCUT2D eigenvalue weighted by molar-refractivity contribution is -0.122. The van der Waals surface area contributed by atoms with E-state index in [-0.39, 0.29) is 40.3 Å². The summed E-state index contributed by atoms with van der Waals surface area (Å²) >= 11 is 0. The van der Waals surface area contributed by atoms with E-state index in [4.69, 9.17) is 0 Å². The quantitative estimate of drug-likeness (QED) is 0.475. The molecular weight excluding hydrogens is 423 g/mol. The van der Waals surface area contributed by atoms with Gasteiger partial charge in [0.25, 0.3) is 0 Å². The molecule has 1 unspecified atom stereocenters. The lowest BCUT2D eigenvalue weighted by Crippen LogP contribution is -2.36. The van der Waals surface area contributed by atoms with E-state index in [1.807, 2.05) is 6.92 Å². The highest BCUT2D eigenvalue weighted by molar-refractivity contribution is 5.92. The van der Waals surface area contributed by atoms with Crippen molar-refractivity contribution in [2.24, 2.45) is 11.8 Å². The smallest absolute Gasteiger partial charge is 0.223 e. The number of hydrogen-bond acceptors (Lipinski definition) is 6. The van der Waals surface area contributed by atoms with E-state index in [1.54, 1.807) is 0 Å². The van der Waals surface area contributed by atoms with Crippen LogP contribution in [0.3, 0.4) is 0 Å². The maximum Gasteiger partial charge on any atom is 0.223 e. The van der Waals surface area contributed by atoms with Crippen LogP contribution in [0.2, 0.25) is 0 Å². The lowest BCUT2D eigenvalue weighted by atomic mass is 9.94. The molecule has 1 aromatic carbocycles. The number of amides is 1. The number of rotatable bonds is 5. The molecule has 1 saturated heterocycles. The summed E-state index contributed by atoms with van der Waals surface area (Å²) in [6.07, 6.45) is 2.72. The minimum absolute atomic E-state index is 0.00843. The Morgan fingerprint density at radius 1 is 1.36 bits per heavy atom. The number of carbonyl (C=O) groups is 1. The minimum Gasteiger partial charge on any atom is -0.508 e. The normalized spacial score (nSPS) is 20.5. The zero-order valence-corrected chi connectivity index (χ0v) is 18.3. The molecule has 0 bridgehead atoms. The Hall–Kier alpha value is -3.51. The molecule has 1 aliphatic carbocycles. The zero-order valence-electron chi connectivity index (χ0n) is 18.3. The topological polar surface area (TPSA) is 127 Å². The number of benzene rings is 1. The number of halogens is 1. The predicted octanol–water partition coefficient (Wildman–Crippen LogP) is 2.87. The molecular formula is C24H25FN6O2. The first kappa shape index (κ1) is 21.3. The van der Waals surface area contributed by atoms with Crippen molar-refractivity contribution >= 4 is 16.9 Å². The van der Waals surface area contributed by atoms with Crippen molar-refractivity contribution in [3.63, 3.8) is 0 Å². The van der Waals surface area contributed by atoms with Crippen LogP contribution in [0.25, 0.3) is 22.3 Å². The van der Waals surface area contributed by atoms with Gasteiger partial charge < -0.3 is 15.7 Å². The second-order valence-corrected chi connectivity index (χ2v) is 8.96. The number of aromatic hydroxyl groups is 1. The van der Waals surface area contributed by atoms with Gasteiger partial charge in [0.1, 0.15) is 17.6 Å². The molecule has 8 nitrogen and oxygen atoms in total. The molecule has 1 saturated carbocycles. The Labute approximate surface area is 190 Å². The van der Waals surface area contributed by atoms with Gasteiger partial charge in [-0.2, -0.15) is 10.4 Å². The molecule has 170 valence electrons. The maximum atomic E-state index is 14.7. The van der Waals surface area contributed by atoms with Crippen molar-refractivity contribution in [2.75, 3.05) is 19.6 Å². The molecule has 33 heavy (non-hydrogen) atoms. The van der Waals surface area contributed by atoms with Gasteiger partial charge >= 0.3 is 0 Å². The summed E-state index contributed by atoms with van der Waals surface area (Å²) in [5.41, 5.74) is 2.35. The van der Waals surface area contributed by atoms with Gasteiger partial charge in [0, 0.05) is 35.2 Å². The number of hydrogen-bond donors (Lipinski definition) is 4. The van der Waals surface area contributed by atoms with Crippen molar-refractivity contribution < 1.29 is 14.3 Å². The largest absolute Gasteiger partial charge is 0.508 e. The number of phenols is 1. The van der Waals surface area contributed by atoms with Crippen LogP contribution in [0.15, 0.2) is 18.2 Å². The number of aryl methyl sites for hydroxylation is 1. The van der Waals surface area contributed by atoms with Crippen molar-refractivity contribution in [3.8, 4) is 23.1 Å². The molecule has 0 spiro atoms. The highest BCUT2D eigenvalue weighted by Gasteiger charge is 2.47. The number of H-pyrrole nitrogens is 1. The molecule has 2 atom stereocenters. The molecule has 2 aromatic heterocycles. The summed E-state index contributed by atoms with van der Waals surface area (Å²) in [4.78, 5) is 17.4. The standard InChI is InChI=1S/C24H25FN6O2/c1-12-20-21(16-9-17(16)24(33)28-11-13-4-6-27-7-5-13)18(10-26)22(29-23(20)31-30-12)15-3-2-14(32)8-19(15)25/h2-3,8,13,16-17,27,32H,4-7,9,11H2,1H3,(H,28,33)(H,29,30,31)/t16?,17-/m0/s1. The van der Waals surface area contributed by atoms with E-state index in [0.29, 0.717) is 35.5 Å². The second kappa shape index (κ2) is 8.45. The van der Waals surface area contributed by atoms with E-state index in [1.165, 1.54) is 12.1 Å². The Morgan fingerprint density at radius 3 is 2.88 bits per heavy atom. The number of fused-ring (bicyclic) bond motifs is 1. The third-order valence-corrected chi connectivity index (χ3v) is 6.76. The summed E-state index contributed by atoms with van der Waals surface area (Å²) in [6.45, 7) is 4.46. The van der Waals surface area contributed by atoms with Crippen molar-refractivity contribution in [1.29, 1.82) is 5.26 Å². The molecule has 2 fully saturated rings. The Morgan fingerprint density at radius 2 is 2.15 bits per heavy atom. The predicted molar refractivity (Wildman–Crippen MR) is 120 cm³/mol. The SMILES string of the molecule is Cc1[nH]nc2nc(-c3ccc(O)cc3F)c(C#N)c(C3C[C@@H]3C(=O)NCC3CCNCC3)c12. The number of aromatic nitrogens is 3. The molecule has 5 rings (SSSR count). The fourth-order valence-corrected chi connectivity index (χ4v) is 4.87. The van der Waals surface area contributed by atoms with E-state index >= 15 is 0 Å². The van der Waals surface area contributed by atoms with Gasteiger partial charge in [-0.15, -0.1) is 0 Å². The molecule has 1 aliphatic heterocycles. The Balaban J connectivity index is 1.49. The number of aromatic amines is 1. The number of nitrogens with zero attached hydrogens (tertiary/aromatic N) is 3. The van der Waals surface area contributed by atoms with Gasteiger partial charge in [-0.25, -0.2) is 9.37 Å². The third-order valence-electron chi connectivity index (χ3n) is 6.76. The molecule has 9 heteroatoms. The first-order valence-corrected chi connectivity index (χ1v) is 11.2. The van der Waals surface area contributed by atoms with Crippen LogP contribution >= 0.6 is 0 Å². The lowest BCUT2D eigenvalue weighted by Gasteiger charge is -2.22. The molecule has 1 amide bonds. The highest BCUT2D eigenvalue weighted by Crippen LogP contribution is 2.52. The first-order chi connectivity index (χ1) is 16.0. The van der Waals surface area contributed by atoms with E-state index < -0.39 is 5.82 Å². The van der Waals surface area contributed by atoms with E-state index in [0.717, 1.165) is 37.7 Å². The Kier molecular flexibility index (Phi) is 5.46. The first-order valence-electron chi connectivity index (χ1n) is 11.2. The fourth-order valence-electron chi connectivity index (χ4n) is 4.87. The maximum absolute atomic E-state index is 14.7. The molecule has 4 N–H and O–H groups in total. The number of nitrogens with one attached hydrogen (secondary N) is 3. The van der Waals surface area contributed by atoms with Gasteiger partial charge in [-0.3, -0.25) is 9.89 Å². The fraction of sp³-hybridized carbons (Fsp3) is 0.417. The van der Waals surface area contributed by atoms with Gasteiger partial charge in [-0.1, -0.05) is 0 Å². The van der Waals surface area contributed by atoms with Crippen LogP contribution in [-0.2, 0) is 4.79 Å². The van der Waals surface area contributed by atoms with E-state index in [9.17, 15) is 19.6 Å². The van der Waals surface area contributed by atoms with Gasteiger partial charge in [0.05, 0.1) is 11.3 Å². The van der Waals surface area contributed by atoms with Crippen LogP contribution in [0, 0.1) is 35.9 Å². The molecule has 2 aliphatic rings. The number of pyridine rings is 1. The van der Waals surface area contributed by atoms with Crippen LogP contribution in [0.1, 0.15) is 42.0 Å². The van der Waals surface area contributed by atoms with Gasteiger partial charge in [0.15, 0.2) is 5.65 Å². The molecule has 3 aromatic rings. The number of piperidine rings is 1. The minimum atomic E-state index is -0.677. The van der Waals surface area contributed by atoms with Crippen LogP contribution in [0.4, 0.5) is 4.39 Å². The summed E-state index contributed by atoms with van der Waals surface area (Å²) in [5, 5.41) is 33.9. The van der Waals surface area contributed by atoms with Gasteiger partial charge in [0.2, 0.25) is 5.91 Å². The van der Waals surface area contributed by atoms with Crippen LogP contribution in [-0.4, -0.2) is 45.8 Å². The van der Waals surface area contributed by atoms with Crippen molar-refractivity contribution in [3.05, 3.63) is 40.8 Å². The number of phenolic OH excluding ortho intramolecular Hbond substituents is 1. The average molecular weight is 449 g/mol. The van der Waals surface area contributed by atoms with E-state index in [2.05, 4.69) is 31.9 Å². The van der Waals surface area contributed by atoms with Crippen molar-refractivity contribution in [2.45, 2.75) is 32.1 Å². The third kappa shape index (κ3) is 3.91. The Bertz CT molecular complexity index is 1270. The summed E-state index contributed by atoms with van der Waals surface area (Å²) in [7, 11) is 0. The van der Waals surface area contributed by atoms with Gasteiger partial charge in [-0.05, 0) is 68.8 Å². The molecule has 0 radical (unpaired) electrons. The molecule has 3 heterocycles. The summed E-state index contributed by atoms with van der Waals surface area (Å²) in [5.74, 6) is -0.812. The van der Waals surface area contributed by atoms with Crippen LogP contribution in [0.5, 0.6) is 5.75 Å². The van der Waals surface area contributed by atoms with Crippen LogP contribution < -0.4 is 10.6 Å². The highest BCUT2D eigenvalue weighted by atomic mass is 19.1. The zero-order chi connectivity index (χ0) is 23.1. The summed E-state index contributed by atoms with van der Waals surface area (Å²) < 4.78 is 14.7.